The quantitative estimate of drug-likeness (QED) is 0.598. The van der Waals surface area contributed by atoms with Gasteiger partial charge in [0.25, 0.3) is 5.91 Å². The lowest BCUT2D eigenvalue weighted by molar-refractivity contribution is -0.0159. The molecule has 2 aromatic carbocycles. The summed E-state index contributed by atoms with van der Waals surface area (Å²) in [6.45, 7) is 1.82. The summed E-state index contributed by atoms with van der Waals surface area (Å²) in [6, 6.07) is 4.89. The number of amides is 1. The normalized spacial score (nSPS) is 27.0. The third-order valence-corrected chi connectivity index (χ3v) is 9.55. The van der Waals surface area contributed by atoms with Crippen LogP contribution in [0.4, 0.5) is 18.9 Å². The first-order chi connectivity index (χ1) is 15.0. The van der Waals surface area contributed by atoms with Gasteiger partial charge in [-0.2, -0.15) is 0 Å². The van der Waals surface area contributed by atoms with Crippen molar-refractivity contribution >= 4 is 33.0 Å². The molecule has 32 heavy (non-hydrogen) atoms. The van der Waals surface area contributed by atoms with Crippen LogP contribution >= 0.6 is 11.6 Å². The van der Waals surface area contributed by atoms with Gasteiger partial charge in [-0.3, -0.25) is 4.79 Å². The third-order valence-electron chi connectivity index (χ3n) is 6.73. The second kappa shape index (κ2) is 8.04. The number of halogens is 4. The van der Waals surface area contributed by atoms with Crippen molar-refractivity contribution in [1.29, 1.82) is 0 Å². The molecule has 2 aliphatic rings. The fourth-order valence-corrected chi connectivity index (χ4v) is 8.09. The number of sulfone groups is 1. The number of benzene rings is 2. The molecular formula is C22H21ClF3NO4S. The van der Waals surface area contributed by atoms with Crippen LogP contribution < -0.4 is 5.32 Å². The summed E-state index contributed by atoms with van der Waals surface area (Å²) in [5, 5.41) is 12.2. The maximum atomic E-state index is 13.5. The summed E-state index contributed by atoms with van der Waals surface area (Å²) in [7, 11) is -3.98. The summed E-state index contributed by atoms with van der Waals surface area (Å²) < 4.78 is 67.0. The van der Waals surface area contributed by atoms with E-state index in [0.29, 0.717) is 37.8 Å². The highest BCUT2D eigenvalue weighted by Gasteiger charge is 2.60. The molecule has 0 saturated heterocycles. The second-order valence-corrected chi connectivity index (χ2v) is 10.9. The van der Waals surface area contributed by atoms with E-state index in [-0.39, 0.29) is 27.1 Å². The molecule has 2 bridgehead atoms. The minimum Gasteiger partial charge on any atom is -0.390 e. The van der Waals surface area contributed by atoms with Crippen molar-refractivity contribution in [2.45, 2.75) is 48.4 Å². The van der Waals surface area contributed by atoms with Gasteiger partial charge in [-0.15, -0.1) is 0 Å². The molecule has 172 valence electrons. The van der Waals surface area contributed by atoms with Crippen LogP contribution in [0.3, 0.4) is 0 Å². The average molecular weight is 488 g/mol. The molecule has 0 aromatic heterocycles. The molecule has 0 heterocycles. The van der Waals surface area contributed by atoms with Crippen LogP contribution in [0.2, 0.25) is 5.02 Å². The zero-order chi connectivity index (χ0) is 23.4. The van der Waals surface area contributed by atoms with Gasteiger partial charge in [-0.25, -0.2) is 21.6 Å². The first-order valence-electron chi connectivity index (χ1n) is 10.2. The number of hydrogen-bond donors (Lipinski definition) is 2. The molecule has 2 N–H and O–H groups in total. The van der Waals surface area contributed by atoms with Gasteiger partial charge in [0.2, 0.25) is 0 Å². The predicted molar refractivity (Wildman–Crippen MR) is 113 cm³/mol. The van der Waals surface area contributed by atoms with Crippen molar-refractivity contribution in [3.8, 4) is 0 Å². The van der Waals surface area contributed by atoms with Gasteiger partial charge in [0.1, 0.15) is 0 Å². The Morgan fingerprint density at radius 1 is 1.19 bits per heavy atom. The van der Waals surface area contributed by atoms with Crippen molar-refractivity contribution < 1.29 is 31.5 Å². The van der Waals surface area contributed by atoms with Crippen LogP contribution in [0.5, 0.6) is 0 Å². The Balaban J connectivity index is 1.65. The van der Waals surface area contributed by atoms with Crippen molar-refractivity contribution in [2.75, 3.05) is 5.32 Å². The molecule has 2 aromatic rings. The highest BCUT2D eigenvalue weighted by atomic mass is 35.5. The summed E-state index contributed by atoms with van der Waals surface area (Å²) >= 11 is 6.19. The van der Waals surface area contributed by atoms with Gasteiger partial charge in [-0.05, 0) is 49.8 Å². The summed E-state index contributed by atoms with van der Waals surface area (Å²) in [5.74, 6) is -6.07. The molecule has 2 saturated carbocycles. The first kappa shape index (κ1) is 23.1. The molecule has 4 atom stereocenters. The summed E-state index contributed by atoms with van der Waals surface area (Å²) in [5.41, 5.74) is -1.47. The van der Waals surface area contributed by atoms with E-state index in [1.54, 1.807) is 0 Å². The molecular weight excluding hydrogens is 467 g/mol. The molecule has 2 aliphatic carbocycles. The molecule has 2 fully saturated rings. The fraction of sp³-hybridized carbons (Fsp3) is 0.409. The number of carbonyl (C=O) groups is 1. The maximum absolute atomic E-state index is 13.5. The fourth-order valence-electron chi connectivity index (χ4n) is 5.17. The molecule has 10 heteroatoms. The van der Waals surface area contributed by atoms with E-state index in [2.05, 4.69) is 5.32 Å². The Morgan fingerprint density at radius 2 is 1.84 bits per heavy atom. The number of anilines is 1. The van der Waals surface area contributed by atoms with E-state index in [4.69, 9.17) is 11.6 Å². The Hall–Kier alpha value is -2.10. The molecule has 0 spiro atoms. The van der Waals surface area contributed by atoms with Gasteiger partial charge in [-0.1, -0.05) is 18.5 Å². The summed E-state index contributed by atoms with van der Waals surface area (Å²) in [6.07, 6.45) is 2.13. The van der Waals surface area contributed by atoms with E-state index in [1.807, 2.05) is 6.92 Å². The van der Waals surface area contributed by atoms with Crippen molar-refractivity contribution in [2.24, 2.45) is 11.8 Å². The number of hydrogen-bond acceptors (Lipinski definition) is 4. The van der Waals surface area contributed by atoms with Crippen molar-refractivity contribution in [3.63, 3.8) is 0 Å². The molecule has 0 aliphatic heterocycles. The average Bonchev–Trinajstić information content (AvgIpc) is 3.28. The number of aliphatic hydroxyl groups is 1. The highest BCUT2D eigenvalue weighted by Crippen LogP contribution is 2.56. The Labute approximate surface area is 188 Å². The SMILES string of the molecule is CCC1(O)CC2CC[C@@H]1[C@@H]2S(=O)(=O)c1cc(C(=O)Nc2cc(F)c(F)c(F)c2)ccc1Cl. The van der Waals surface area contributed by atoms with E-state index in [0.717, 1.165) is 6.07 Å². The van der Waals surface area contributed by atoms with E-state index < -0.39 is 50.0 Å². The standard InChI is InChI=1S/C22H21ClF3NO4S/c1-2-22(29)10-12-3-5-14(22)20(12)32(30,31)18-7-11(4-6-15(18)23)21(28)27-13-8-16(24)19(26)17(25)9-13/h4,6-9,12,14,20,29H,2-3,5,10H2,1H3,(H,27,28)/t12?,14-,20-,22?/m1/s1. The van der Waals surface area contributed by atoms with Crippen LogP contribution in [0.15, 0.2) is 35.2 Å². The molecule has 5 nitrogen and oxygen atoms in total. The van der Waals surface area contributed by atoms with Gasteiger partial charge in [0.05, 0.1) is 20.8 Å². The zero-order valence-corrected chi connectivity index (χ0v) is 18.6. The summed E-state index contributed by atoms with van der Waals surface area (Å²) in [4.78, 5) is 12.4. The van der Waals surface area contributed by atoms with Gasteiger partial charge >= 0.3 is 0 Å². The lowest BCUT2D eigenvalue weighted by atomic mass is 9.82. The lowest BCUT2D eigenvalue weighted by Gasteiger charge is -2.31. The van der Waals surface area contributed by atoms with Crippen LogP contribution in [-0.2, 0) is 9.84 Å². The first-order valence-corrected chi connectivity index (χ1v) is 12.1. The Kier molecular flexibility index (Phi) is 5.80. The maximum Gasteiger partial charge on any atom is 0.255 e. The number of rotatable bonds is 5. The van der Waals surface area contributed by atoms with Gasteiger partial charge in [0, 0.05) is 29.3 Å². The predicted octanol–water partition coefficient (Wildman–Crippen LogP) is 4.72. The third kappa shape index (κ3) is 3.70. The Morgan fingerprint density at radius 3 is 2.44 bits per heavy atom. The van der Waals surface area contributed by atoms with E-state index >= 15 is 0 Å². The number of carbonyl (C=O) groups excluding carboxylic acids is 1. The highest BCUT2D eigenvalue weighted by molar-refractivity contribution is 7.92. The number of fused-ring (bicyclic) bond motifs is 2. The van der Waals surface area contributed by atoms with E-state index in [1.165, 1.54) is 12.1 Å². The van der Waals surface area contributed by atoms with Crippen LogP contribution in [0, 0.1) is 29.3 Å². The Bertz CT molecular complexity index is 1180. The second-order valence-electron chi connectivity index (χ2n) is 8.47. The minimum absolute atomic E-state index is 0.0632. The largest absolute Gasteiger partial charge is 0.390 e. The molecule has 4 rings (SSSR count). The van der Waals surface area contributed by atoms with Gasteiger partial charge < -0.3 is 10.4 Å². The van der Waals surface area contributed by atoms with Crippen LogP contribution in [0.25, 0.3) is 0 Å². The molecule has 2 unspecified atom stereocenters. The molecule has 1 amide bonds. The zero-order valence-electron chi connectivity index (χ0n) is 17.0. The van der Waals surface area contributed by atoms with Gasteiger partial charge in [0.15, 0.2) is 27.3 Å². The topological polar surface area (TPSA) is 83.5 Å². The van der Waals surface area contributed by atoms with Crippen molar-refractivity contribution in [1.82, 2.24) is 0 Å². The van der Waals surface area contributed by atoms with E-state index in [9.17, 15) is 31.5 Å². The monoisotopic (exact) mass is 487 g/mol. The van der Waals surface area contributed by atoms with Crippen molar-refractivity contribution in [3.05, 3.63) is 58.4 Å². The smallest absolute Gasteiger partial charge is 0.255 e. The minimum atomic E-state index is -3.98. The molecule has 0 radical (unpaired) electrons. The number of nitrogens with one attached hydrogen (secondary N) is 1. The van der Waals surface area contributed by atoms with Crippen LogP contribution in [-0.4, -0.2) is 30.3 Å². The van der Waals surface area contributed by atoms with Crippen LogP contribution in [0.1, 0.15) is 43.0 Å². The lowest BCUT2D eigenvalue weighted by Crippen LogP contribution is -2.38.